The zero-order valence-electron chi connectivity index (χ0n) is 9.74. The van der Waals surface area contributed by atoms with Gasteiger partial charge in [0.15, 0.2) is 0 Å². The first-order valence-electron chi connectivity index (χ1n) is 5.82. The Morgan fingerprint density at radius 2 is 2.16 bits per heavy atom. The molecule has 1 aliphatic rings. The van der Waals surface area contributed by atoms with Crippen LogP contribution in [0.3, 0.4) is 0 Å². The Balaban J connectivity index is 1.97. The molecule has 2 aromatic rings. The van der Waals surface area contributed by atoms with Crippen molar-refractivity contribution in [2.45, 2.75) is 24.7 Å². The van der Waals surface area contributed by atoms with Gasteiger partial charge < -0.3 is 10.4 Å². The molecule has 3 nitrogen and oxygen atoms in total. The molecule has 2 atom stereocenters. The number of alkyl halides is 3. The smallest absolute Gasteiger partial charge is 0.392 e. The molecule has 0 saturated carbocycles. The summed E-state index contributed by atoms with van der Waals surface area (Å²) in [6.45, 7) is 0.494. The number of hydrogen-bond donors (Lipinski definition) is 2. The minimum Gasteiger partial charge on any atom is -0.392 e. The second-order valence-electron chi connectivity index (χ2n) is 4.58. The van der Waals surface area contributed by atoms with Crippen molar-refractivity contribution in [2.24, 2.45) is 0 Å². The van der Waals surface area contributed by atoms with Crippen molar-refractivity contribution in [2.75, 3.05) is 6.54 Å². The molecular formula is C12H11F3N2OS. The van der Waals surface area contributed by atoms with E-state index in [4.69, 9.17) is 0 Å². The number of hydrogen-bond acceptors (Lipinski definition) is 4. The van der Waals surface area contributed by atoms with Crippen molar-refractivity contribution >= 4 is 21.6 Å². The molecule has 0 spiro atoms. The number of nitrogens with zero attached hydrogens (tertiary/aromatic N) is 1. The predicted molar refractivity (Wildman–Crippen MR) is 66.0 cm³/mol. The molecule has 1 saturated heterocycles. The Morgan fingerprint density at radius 3 is 2.79 bits per heavy atom. The Kier molecular flexibility index (Phi) is 2.99. The van der Waals surface area contributed by atoms with Crippen molar-refractivity contribution in [3.05, 3.63) is 28.8 Å². The highest BCUT2D eigenvalue weighted by Crippen LogP contribution is 2.35. The average molecular weight is 288 g/mol. The van der Waals surface area contributed by atoms with Crippen LogP contribution in [0, 0.1) is 0 Å². The van der Waals surface area contributed by atoms with Crippen molar-refractivity contribution < 1.29 is 18.3 Å². The molecule has 19 heavy (non-hydrogen) atoms. The van der Waals surface area contributed by atoms with E-state index in [1.54, 1.807) is 0 Å². The number of aliphatic hydroxyl groups excluding tert-OH is 1. The number of aromatic nitrogens is 1. The molecule has 1 fully saturated rings. The van der Waals surface area contributed by atoms with Crippen LogP contribution in [0.25, 0.3) is 10.2 Å². The topological polar surface area (TPSA) is 45.1 Å². The first kappa shape index (κ1) is 12.8. The Morgan fingerprint density at radius 1 is 1.37 bits per heavy atom. The Bertz CT molecular complexity index is 611. The van der Waals surface area contributed by atoms with E-state index in [1.807, 2.05) is 0 Å². The number of rotatable bonds is 1. The van der Waals surface area contributed by atoms with Crippen LogP contribution in [0.1, 0.15) is 23.0 Å². The fourth-order valence-corrected chi connectivity index (χ4v) is 3.21. The van der Waals surface area contributed by atoms with Crippen molar-refractivity contribution in [3.8, 4) is 0 Å². The third kappa shape index (κ3) is 2.45. The fraction of sp³-hybridized carbons (Fsp3) is 0.417. The van der Waals surface area contributed by atoms with E-state index >= 15 is 0 Å². The normalized spacial score (nSPS) is 24.2. The number of β-amino-alcohol motifs (C(OH)–C–C–N with tert-alkyl or cyclic N) is 1. The molecule has 0 unspecified atom stereocenters. The number of fused-ring (bicyclic) bond motifs is 1. The second-order valence-corrected chi connectivity index (χ2v) is 5.64. The van der Waals surface area contributed by atoms with Gasteiger partial charge in [-0.25, -0.2) is 4.98 Å². The number of aliphatic hydroxyl groups is 1. The number of halogens is 3. The average Bonchev–Trinajstić information content (AvgIpc) is 2.92. The molecule has 102 valence electrons. The first-order valence-corrected chi connectivity index (χ1v) is 6.64. The molecule has 1 aromatic carbocycles. The molecule has 3 rings (SSSR count). The van der Waals surface area contributed by atoms with E-state index < -0.39 is 17.8 Å². The van der Waals surface area contributed by atoms with Crippen LogP contribution in [-0.2, 0) is 6.18 Å². The minimum atomic E-state index is -4.35. The van der Waals surface area contributed by atoms with Crippen LogP contribution in [0.15, 0.2) is 18.2 Å². The Hall–Kier alpha value is -1.18. The number of thiazole rings is 1. The van der Waals surface area contributed by atoms with Crippen molar-refractivity contribution in [1.29, 1.82) is 0 Å². The van der Waals surface area contributed by atoms with Gasteiger partial charge in [-0.15, -0.1) is 11.3 Å². The van der Waals surface area contributed by atoms with Gasteiger partial charge in [0.05, 0.1) is 27.9 Å². The summed E-state index contributed by atoms with van der Waals surface area (Å²) in [6, 6.07) is 3.52. The maximum absolute atomic E-state index is 12.6. The van der Waals surface area contributed by atoms with Gasteiger partial charge in [0, 0.05) is 6.54 Å². The molecule has 0 bridgehead atoms. The van der Waals surface area contributed by atoms with E-state index in [0.717, 1.165) is 21.8 Å². The van der Waals surface area contributed by atoms with Gasteiger partial charge >= 0.3 is 6.18 Å². The highest BCUT2D eigenvalue weighted by Gasteiger charge is 2.31. The minimum absolute atomic E-state index is 0.0678. The van der Waals surface area contributed by atoms with Gasteiger partial charge in [-0.2, -0.15) is 13.2 Å². The highest BCUT2D eigenvalue weighted by molar-refractivity contribution is 7.18. The molecule has 0 aliphatic carbocycles. The van der Waals surface area contributed by atoms with Crippen LogP contribution >= 0.6 is 11.3 Å². The maximum Gasteiger partial charge on any atom is 0.416 e. The summed E-state index contributed by atoms with van der Waals surface area (Å²) in [4.78, 5) is 4.25. The van der Waals surface area contributed by atoms with E-state index in [9.17, 15) is 18.3 Å². The van der Waals surface area contributed by atoms with Crippen LogP contribution in [0.5, 0.6) is 0 Å². The summed E-state index contributed by atoms with van der Waals surface area (Å²) in [5, 5.41) is 13.3. The molecule has 2 N–H and O–H groups in total. The molecule has 2 heterocycles. The third-order valence-corrected chi connectivity index (χ3v) is 4.29. The lowest BCUT2D eigenvalue weighted by atomic mass is 10.2. The maximum atomic E-state index is 12.6. The van der Waals surface area contributed by atoms with E-state index in [1.165, 1.54) is 17.4 Å². The summed E-state index contributed by atoms with van der Waals surface area (Å²) in [6.07, 6.45) is -4.21. The Labute approximate surface area is 111 Å². The lowest BCUT2D eigenvalue weighted by molar-refractivity contribution is -0.137. The van der Waals surface area contributed by atoms with Gasteiger partial charge in [0.25, 0.3) is 0 Å². The predicted octanol–water partition coefficient (Wildman–Crippen LogP) is 2.71. The lowest BCUT2D eigenvalue weighted by Crippen LogP contribution is -2.14. The van der Waals surface area contributed by atoms with E-state index in [-0.39, 0.29) is 6.04 Å². The summed E-state index contributed by atoms with van der Waals surface area (Å²) in [5.41, 5.74) is -0.325. The van der Waals surface area contributed by atoms with Crippen molar-refractivity contribution in [1.82, 2.24) is 10.3 Å². The van der Waals surface area contributed by atoms with Crippen LogP contribution in [0.4, 0.5) is 13.2 Å². The number of nitrogens with one attached hydrogen (secondary N) is 1. The molecule has 1 aromatic heterocycles. The first-order chi connectivity index (χ1) is 8.93. The lowest BCUT2D eigenvalue weighted by Gasteiger charge is -2.05. The summed E-state index contributed by atoms with van der Waals surface area (Å²) in [7, 11) is 0. The van der Waals surface area contributed by atoms with Crippen molar-refractivity contribution in [3.63, 3.8) is 0 Å². The zero-order chi connectivity index (χ0) is 13.6. The molecular weight excluding hydrogens is 277 g/mol. The summed E-state index contributed by atoms with van der Waals surface area (Å²) in [5.74, 6) is 0. The molecule has 7 heteroatoms. The van der Waals surface area contributed by atoms with Crippen LogP contribution in [0.2, 0.25) is 0 Å². The number of benzene rings is 1. The van der Waals surface area contributed by atoms with E-state index in [0.29, 0.717) is 18.5 Å². The standard InChI is InChI=1S/C12H11F3N2OS/c13-12(14,15)6-1-2-10-8(3-6)17-11(19-10)9-4-7(18)5-16-9/h1-3,7,9,16,18H,4-5H2/t7-,9+/m1/s1. The molecule has 1 aliphatic heterocycles. The monoisotopic (exact) mass is 288 g/mol. The van der Waals surface area contributed by atoms with E-state index in [2.05, 4.69) is 10.3 Å². The second kappa shape index (κ2) is 4.43. The van der Waals surface area contributed by atoms with Gasteiger partial charge in [0.1, 0.15) is 5.01 Å². The molecule has 0 amide bonds. The third-order valence-electron chi connectivity index (χ3n) is 3.14. The SMILES string of the molecule is O[C@H]1CN[C@H](c2nc3cc(C(F)(F)F)ccc3s2)C1. The molecule has 0 radical (unpaired) electrons. The summed E-state index contributed by atoms with van der Waals surface area (Å²) >= 11 is 1.36. The zero-order valence-corrected chi connectivity index (χ0v) is 10.6. The summed E-state index contributed by atoms with van der Waals surface area (Å²) < 4.78 is 38.5. The van der Waals surface area contributed by atoms with Gasteiger partial charge in [-0.05, 0) is 24.6 Å². The quantitative estimate of drug-likeness (QED) is 0.848. The van der Waals surface area contributed by atoms with Gasteiger partial charge in [-0.1, -0.05) is 0 Å². The largest absolute Gasteiger partial charge is 0.416 e. The fourth-order valence-electron chi connectivity index (χ4n) is 2.18. The van der Waals surface area contributed by atoms with Gasteiger partial charge in [0.2, 0.25) is 0 Å². The van der Waals surface area contributed by atoms with Gasteiger partial charge in [-0.3, -0.25) is 0 Å². The van der Waals surface area contributed by atoms with Crippen LogP contribution in [-0.4, -0.2) is 22.7 Å². The highest BCUT2D eigenvalue weighted by atomic mass is 32.1. The van der Waals surface area contributed by atoms with Crippen LogP contribution < -0.4 is 5.32 Å².